The van der Waals surface area contributed by atoms with Gasteiger partial charge in [-0.3, -0.25) is 0 Å². The molecule has 0 radical (unpaired) electrons. The molecule has 8 rings (SSSR count). The summed E-state index contributed by atoms with van der Waals surface area (Å²) in [6, 6.07) is 31.2. The second kappa shape index (κ2) is 13.9. The molecule has 1 heteroatoms. The molecule has 52 heavy (non-hydrogen) atoms. The molecule has 0 fully saturated rings. The normalized spacial score (nSPS) is 19.9. The van der Waals surface area contributed by atoms with E-state index in [1.165, 1.54) is 53.6 Å². The van der Waals surface area contributed by atoms with Gasteiger partial charge in [0.05, 0.1) is 0 Å². The van der Waals surface area contributed by atoms with E-state index in [2.05, 4.69) is 173 Å². The molecule has 0 saturated heterocycles. The fourth-order valence-corrected chi connectivity index (χ4v) is 9.14. The fraction of sp³-hybridized carbons (Fsp3) is 0.137. The van der Waals surface area contributed by atoms with Gasteiger partial charge in [-0.2, -0.15) is 0 Å². The van der Waals surface area contributed by atoms with E-state index in [1.54, 1.807) is 0 Å². The van der Waals surface area contributed by atoms with E-state index in [9.17, 15) is 0 Å². The van der Waals surface area contributed by atoms with Crippen LogP contribution in [0.25, 0.3) is 48.5 Å². The summed E-state index contributed by atoms with van der Waals surface area (Å²) in [6.45, 7) is 18.7. The van der Waals surface area contributed by atoms with Gasteiger partial charge in [-0.15, -0.1) is 11.3 Å². The molecule has 0 spiro atoms. The zero-order valence-electron chi connectivity index (χ0n) is 30.2. The predicted molar refractivity (Wildman–Crippen MR) is 230 cm³/mol. The third-order valence-corrected chi connectivity index (χ3v) is 12.0. The van der Waals surface area contributed by atoms with Gasteiger partial charge in [-0.1, -0.05) is 155 Å². The number of benzene rings is 4. The van der Waals surface area contributed by atoms with E-state index in [4.69, 9.17) is 6.58 Å². The SMILES string of the molecule is C=C(/C=C\C(=C)C1=c2\cccc\c2=C(C(=C)c2cc3c(cc2C2=Cc4ccccc4C2(C)C)sc2ccccc23)\C=C\CC\C=C\1)C1=CC=CCC1. The molecule has 0 N–H and O–H groups in total. The van der Waals surface area contributed by atoms with Crippen LogP contribution < -0.4 is 10.4 Å². The first-order valence-corrected chi connectivity index (χ1v) is 19.2. The Morgan fingerprint density at radius 3 is 2.15 bits per heavy atom. The smallest absolute Gasteiger partial charge is 0.0361 e. The number of rotatable bonds is 7. The van der Waals surface area contributed by atoms with Gasteiger partial charge in [0.1, 0.15) is 0 Å². The Morgan fingerprint density at radius 2 is 1.38 bits per heavy atom. The van der Waals surface area contributed by atoms with Crippen LogP contribution in [-0.4, -0.2) is 0 Å². The van der Waals surface area contributed by atoms with Crippen molar-refractivity contribution >= 4 is 59.9 Å². The molecule has 0 aliphatic heterocycles. The van der Waals surface area contributed by atoms with Crippen molar-refractivity contribution in [2.75, 3.05) is 0 Å². The molecule has 3 aliphatic carbocycles. The molecule has 0 bridgehead atoms. The minimum atomic E-state index is -0.158. The number of hydrogen-bond acceptors (Lipinski definition) is 1. The van der Waals surface area contributed by atoms with Crippen molar-refractivity contribution in [2.24, 2.45) is 0 Å². The Balaban J connectivity index is 1.35. The molecule has 1 aromatic heterocycles. The number of allylic oxidation sites excluding steroid dienone is 14. The van der Waals surface area contributed by atoms with Crippen molar-refractivity contribution in [1.29, 1.82) is 0 Å². The van der Waals surface area contributed by atoms with Gasteiger partial charge in [0.25, 0.3) is 0 Å². The summed E-state index contributed by atoms with van der Waals surface area (Å²) >= 11 is 1.88. The van der Waals surface area contributed by atoms with Crippen molar-refractivity contribution < 1.29 is 0 Å². The fourth-order valence-electron chi connectivity index (χ4n) is 8.02. The lowest BCUT2D eigenvalue weighted by Crippen LogP contribution is -2.29. The van der Waals surface area contributed by atoms with Crippen LogP contribution in [0.5, 0.6) is 0 Å². The Labute approximate surface area is 312 Å². The van der Waals surface area contributed by atoms with E-state index >= 15 is 0 Å². The van der Waals surface area contributed by atoms with E-state index in [0.29, 0.717) is 0 Å². The maximum absolute atomic E-state index is 4.96. The first-order chi connectivity index (χ1) is 25.3. The van der Waals surface area contributed by atoms with Crippen molar-refractivity contribution in [2.45, 2.75) is 44.9 Å². The summed E-state index contributed by atoms with van der Waals surface area (Å²) in [5.74, 6) is 0. The predicted octanol–water partition coefficient (Wildman–Crippen LogP) is 12.8. The number of thiophene rings is 1. The van der Waals surface area contributed by atoms with Gasteiger partial charge in [-0.25, -0.2) is 0 Å². The van der Waals surface area contributed by atoms with Crippen LogP contribution in [-0.2, 0) is 5.41 Å². The number of fused-ring (bicyclic) bond motifs is 5. The van der Waals surface area contributed by atoms with Crippen molar-refractivity contribution in [1.82, 2.24) is 0 Å². The lowest BCUT2D eigenvalue weighted by atomic mass is 9.76. The van der Waals surface area contributed by atoms with Crippen molar-refractivity contribution in [3.05, 3.63) is 209 Å². The molecule has 0 nitrogen and oxygen atoms in total. The zero-order chi connectivity index (χ0) is 35.8. The van der Waals surface area contributed by atoms with Crippen molar-refractivity contribution in [3.8, 4) is 0 Å². The first kappa shape index (κ1) is 33.6. The highest BCUT2D eigenvalue weighted by atomic mass is 32.1. The van der Waals surface area contributed by atoms with Crippen LogP contribution in [0.1, 0.15) is 61.8 Å². The molecule has 1 heterocycles. The van der Waals surface area contributed by atoms with Gasteiger partial charge in [0.15, 0.2) is 0 Å². The molecule has 254 valence electrons. The largest absolute Gasteiger partial charge is 0.135 e. The molecular formula is C51H44S. The van der Waals surface area contributed by atoms with Crippen LogP contribution in [0.3, 0.4) is 0 Å². The highest BCUT2D eigenvalue weighted by Crippen LogP contribution is 2.50. The Morgan fingerprint density at radius 1 is 0.692 bits per heavy atom. The maximum atomic E-state index is 4.96. The quantitative estimate of drug-likeness (QED) is 0.149. The van der Waals surface area contributed by atoms with E-state index in [-0.39, 0.29) is 5.41 Å². The minimum absolute atomic E-state index is 0.158. The summed E-state index contributed by atoms with van der Waals surface area (Å²) in [4.78, 5) is 0. The minimum Gasteiger partial charge on any atom is -0.135 e. The van der Waals surface area contributed by atoms with Crippen LogP contribution >= 0.6 is 11.3 Å². The Kier molecular flexibility index (Phi) is 8.99. The van der Waals surface area contributed by atoms with Gasteiger partial charge in [-0.05, 0) is 122 Å². The van der Waals surface area contributed by atoms with Gasteiger partial charge >= 0.3 is 0 Å². The van der Waals surface area contributed by atoms with Gasteiger partial charge in [0.2, 0.25) is 0 Å². The summed E-state index contributed by atoms with van der Waals surface area (Å²) in [5, 5.41) is 4.88. The molecule has 0 amide bonds. The zero-order valence-corrected chi connectivity index (χ0v) is 31.0. The molecular weight excluding hydrogens is 645 g/mol. The summed E-state index contributed by atoms with van der Waals surface area (Å²) < 4.78 is 2.61. The summed E-state index contributed by atoms with van der Waals surface area (Å²) in [7, 11) is 0. The molecule has 3 aliphatic rings. The standard InChI is InChI=1S/C51H44S/c1-34(37-19-9-8-10-20-37)29-30-35(2)39-22-11-6-7-12-23-40(42-25-15-14-24-41(39)42)36(3)44-32-46-43-26-16-18-28-49(43)52-50(46)33-45(44)48-31-38-21-13-17-27-47(38)51(48,4)5/h8-9,11-19,21-33H,1-3,6-7,10,20H2,4-5H3/b22-11+,23-12+,30-29-,41-39+,42-40+. The van der Waals surface area contributed by atoms with E-state index in [0.717, 1.165) is 64.0 Å². The third kappa shape index (κ3) is 6.10. The van der Waals surface area contributed by atoms with Crippen molar-refractivity contribution in [3.63, 3.8) is 0 Å². The van der Waals surface area contributed by atoms with Crippen LogP contribution in [0.2, 0.25) is 0 Å². The average molecular weight is 689 g/mol. The topological polar surface area (TPSA) is 0 Å². The van der Waals surface area contributed by atoms with Crippen LogP contribution in [0.15, 0.2) is 176 Å². The van der Waals surface area contributed by atoms with E-state index < -0.39 is 0 Å². The highest BCUT2D eigenvalue weighted by molar-refractivity contribution is 7.25. The molecule has 4 aromatic carbocycles. The van der Waals surface area contributed by atoms with Crippen LogP contribution in [0, 0.1) is 0 Å². The first-order valence-electron chi connectivity index (χ1n) is 18.4. The molecule has 0 atom stereocenters. The lowest BCUT2D eigenvalue weighted by molar-refractivity contribution is 0.704. The highest BCUT2D eigenvalue weighted by Gasteiger charge is 2.35. The monoisotopic (exact) mass is 688 g/mol. The molecule has 5 aromatic rings. The van der Waals surface area contributed by atoms with Crippen LogP contribution in [0.4, 0.5) is 0 Å². The maximum Gasteiger partial charge on any atom is 0.0361 e. The van der Waals surface area contributed by atoms with Gasteiger partial charge in [0, 0.05) is 25.6 Å². The number of hydrogen-bond donors (Lipinski definition) is 0. The summed E-state index contributed by atoms with van der Waals surface area (Å²) in [6.07, 6.45) is 26.3. The third-order valence-electron chi connectivity index (χ3n) is 10.9. The second-order valence-corrected chi connectivity index (χ2v) is 15.6. The second-order valence-electron chi connectivity index (χ2n) is 14.5. The molecule has 0 saturated carbocycles. The average Bonchev–Trinajstić information content (AvgIpc) is 3.67. The van der Waals surface area contributed by atoms with E-state index in [1.807, 2.05) is 11.3 Å². The summed E-state index contributed by atoms with van der Waals surface area (Å²) in [5.41, 5.74) is 12.8. The Hall–Kier alpha value is -5.50. The van der Waals surface area contributed by atoms with Gasteiger partial charge < -0.3 is 0 Å². The lowest BCUT2D eigenvalue weighted by Gasteiger charge is -2.27. The molecule has 0 unspecified atom stereocenters. The Bertz CT molecular complexity index is 2630.